The van der Waals surface area contributed by atoms with Crippen LogP contribution in [0.2, 0.25) is 0 Å². The highest BCUT2D eigenvalue weighted by Crippen LogP contribution is 2.38. The zero-order valence-corrected chi connectivity index (χ0v) is 27.0. The Balaban J connectivity index is 1.59. The van der Waals surface area contributed by atoms with Crippen LogP contribution in [0.25, 0.3) is 0 Å². The van der Waals surface area contributed by atoms with E-state index in [1.807, 2.05) is 6.08 Å². The lowest BCUT2D eigenvalue weighted by Gasteiger charge is -2.51. The van der Waals surface area contributed by atoms with Gasteiger partial charge in [0, 0.05) is 43.4 Å². The van der Waals surface area contributed by atoms with E-state index in [2.05, 4.69) is 21.3 Å². The number of ether oxygens (including phenoxy) is 3. The molecule has 0 aromatic carbocycles. The van der Waals surface area contributed by atoms with E-state index in [1.165, 1.54) is 6.92 Å². The molecule has 2 aliphatic carbocycles. The average Bonchev–Trinajstić information content (AvgIpc) is 2.98. The molecule has 2 heterocycles. The molecule has 2 aliphatic heterocycles. The molecule has 0 radical (unpaired) electrons. The minimum atomic E-state index is -1.76. The molecular formula is C29H55N9O9. The maximum atomic E-state index is 13.4. The van der Waals surface area contributed by atoms with Crippen LogP contribution in [0.1, 0.15) is 39.0 Å². The van der Waals surface area contributed by atoms with Crippen molar-refractivity contribution >= 4 is 11.9 Å². The van der Waals surface area contributed by atoms with Gasteiger partial charge >= 0.3 is 0 Å². The van der Waals surface area contributed by atoms with E-state index < -0.39 is 84.0 Å². The number of nitrogens with one attached hydrogen (secondary N) is 5. The number of aliphatic hydroxyl groups is 5. The Hall–Kier alpha value is -2.20. The molecule has 12 atom stereocenters. The van der Waals surface area contributed by atoms with Crippen LogP contribution in [-0.2, 0) is 19.0 Å². The number of hydrogen-bond donors (Lipinski definition) is 14. The van der Waals surface area contributed by atoms with Crippen LogP contribution in [0.3, 0.4) is 0 Å². The summed E-state index contributed by atoms with van der Waals surface area (Å²) >= 11 is 0. The van der Waals surface area contributed by atoms with Crippen LogP contribution in [0.5, 0.6) is 0 Å². The number of carbonyl (C=O) groups is 1. The molecule has 0 aromatic rings. The second-order valence-electron chi connectivity index (χ2n) is 13.6. The summed E-state index contributed by atoms with van der Waals surface area (Å²) in [6.07, 6.45) is -3.92. The number of aliphatic hydroxyl groups excluding tert-OH is 3. The van der Waals surface area contributed by atoms with Crippen molar-refractivity contribution in [1.82, 2.24) is 21.3 Å². The third kappa shape index (κ3) is 8.52. The predicted molar refractivity (Wildman–Crippen MR) is 169 cm³/mol. The molecule has 3 fully saturated rings. The Labute approximate surface area is 274 Å². The maximum Gasteiger partial charge on any atom is 0.252 e. The zero-order chi connectivity index (χ0) is 34.7. The van der Waals surface area contributed by atoms with Crippen molar-refractivity contribution < 1.29 is 44.5 Å². The third-order valence-electron chi connectivity index (χ3n) is 9.83. The summed E-state index contributed by atoms with van der Waals surface area (Å²) < 4.78 is 18.3. The van der Waals surface area contributed by atoms with Crippen molar-refractivity contribution in [1.29, 1.82) is 5.41 Å². The van der Waals surface area contributed by atoms with Gasteiger partial charge in [0.25, 0.3) is 5.91 Å². The van der Waals surface area contributed by atoms with E-state index in [4.69, 9.17) is 42.6 Å². The molecule has 18 N–H and O–H groups in total. The van der Waals surface area contributed by atoms with E-state index >= 15 is 0 Å². The molecule has 4 aliphatic rings. The fourth-order valence-corrected chi connectivity index (χ4v) is 7.29. The second kappa shape index (κ2) is 15.6. The number of likely N-dealkylation sites (N-methyl/N-ethyl adjacent to an activating group) is 1. The molecule has 2 unspecified atom stereocenters. The summed E-state index contributed by atoms with van der Waals surface area (Å²) in [7, 11) is 1.58. The van der Waals surface area contributed by atoms with Gasteiger partial charge in [-0.25, -0.2) is 0 Å². The Kier molecular flexibility index (Phi) is 12.5. The molecule has 0 spiro atoms. The van der Waals surface area contributed by atoms with Crippen molar-refractivity contribution in [2.75, 3.05) is 33.3 Å². The minimum absolute atomic E-state index is 0.00471. The van der Waals surface area contributed by atoms with Crippen LogP contribution in [0.4, 0.5) is 0 Å². The molecule has 18 heteroatoms. The van der Waals surface area contributed by atoms with E-state index in [-0.39, 0.29) is 51.0 Å². The van der Waals surface area contributed by atoms with Gasteiger partial charge in [0.2, 0.25) is 0 Å². The summed E-state index contributed by atoms with van der Waals surface area (Å²) in [5.74, 6) is -1.27. The largest absolute Gasteiger partial charge is 0.492 e. The van der Waals surface area contributed by atoms with E-state index in [0.29, 0.717) is 25.1 Å². The summed E-state index contributed by atoms with van der Waals surface area (Å²) in [6.45, 7) is 1.96. The highest BCUT2D eigenvalue weighted by Gasteiger charge is 2.55. The molecular weight excluding hydrogens is 618 g/mol. The van der Waals surface area contributed by atoms with Gasteiger partial charge in [0.05, 0.1) is 37.4 Å². The Morgan fingerprint density at radius 1 is 1.19 bits per heavy atom. The summed E-state index contributed by atoms with van der Waals surface area (Å²) in [5, 5.41) is 74.3. The van der Waals surface area contributed by atoms with E-state index in [1.54, 1.807) is 7.05 Å². The number of rotatable bonds is 13. The van der Waals surface area contributed by atoms with Gasteiger partial charge in [-0.2, -0.15) is 0 Å². The number of guanidine groups is 1. The second-order valence-corrected chi connectivity index (χ2v) is 13.6. The number of nitrogens with two attached hydrogens (primary N) is 4. The van der Waals surface area contributed by atoms with Crippen molar-refractivity contribution in [2.24, 2.45) is 28.9 Å². The summed E-state index contributed by atoms with van der Waals surface area (Å²) in [6, 6.07) is -3.29. The molecule has 2 saturated carbocycles. The van der Waals surface area contributed by atoms with Crippen molar-refractivity contribution in [3.63, 3.8) is 0 Å². The Morgan fingerprint density at radius 2 is 1.89 bits per heavy atom. The topological polar surface area (TPSA) is 322 Å². The van der Waals surface area contributed by atoms with Gasteiger partial charge in [-0.1, -0.05) is 0 Å². The molecule has 1 amide bonds. The molecule has 18 nitrogen and oxygen atoms in total. The number of amides is 1. The lowest BCUT2D eigenvalue weighted by atomic mass is 9.71. The monoisotopic (exact) mass is 673 g/mol. The Bertz CT molecular complexity index is 1110. The van der Waals surface area contributed by atoms with Crippen molar-refractivity contribution in [2.45, 2.75) is 117 Å². The van der Waals surface area contributed by atoms with E-state index in [0.717, 1.165) is 0 Å². The van der Waals surface area contributed by atoms with Gasteiger partial charge in [-0.05, 0) is 45.9 Å². The van der Waals surface area contributed by atoms with Crippen LogP contribution < -0.4 is 44.2 Å². The molecule has 0 bridgehead atoms. The van der Waals surface area contributed by atoms with Gasteiger partial charge in [-0.3, -0.25) is 10.2 Å². The highest BCUT2D eigenvalue weighted by molar-refractivity contribution is 5.87. The molecule has 0 aromatic heterocycles. The molecule has 4 rings (SSSR count). The highest BCUT2D eigenvalue weighted by atomic mass is 16.7. The number of carbonyl (C=O) groups excluding carboxylic acids is 1. The van der Waals surface area contributed by atoms with Crippen LogP contribution in [0, 0.1) is 11.3 Å². The summed E-state index contributed by atoms with van der Waals surface area (Å²) in [4.78, 5) is 13.4. The van der Waals surface area contributed by atoms with E-state index in [9.17, 15) is 30.3 Å². The fraction of sp³-hybridized carbons (Fsp3) is 0.862. The lowest BCUT2D eigenvalue weighted by molar-refractivity contribution is -0.297. The van der Waals surface area contributed by atoms with Gasteiger partial charge < -0.3 is 83.9 Å². The minimum Gasteiger partial charge on any atom is -0.492 e. The zero-order valence-electron chi connectivity index (χ0n) is 27.0. The smallest absolute Gasteiger partial charge is 0.252 e. The summed E-state index contributed by atoms with van der Waals surface area (Å²) in [5.41, 5.74) is 20.4. The molecule has 1 saturated heterocycles. The molecule has 47 heavy (non-hydrogen) atoms. The Morgan fingerprint density at radius 3 is 2.51 bits per heavy atom. The SMILES string of the molecule is CN[C@@H]1[C@@H](O)[C@@H](O[C@H]2[C@H](NC(=O)C3(O)CC(NC(=N)N)C3)C[C@H](N)C([C@H]3OC(CN)=CC[C@H]3NCC(O)CCN)[C@@H]2O)OC[C@]1(C)O. The first-order valence-corrected chi connectivity index (χ1v) is 16.2. The maximum absolute atomic E-state index is 13.4. The van der Waals surface area contributed by atoms with Crippen molar-refractivity contribution in [3.05, 3.63) is 11.8 Å². The van der Waals surface area contributed by atoms with Crippen LogP contribution in [0.15, 0.2) is 11.8 Å². The predicted octanol–water partition coefficient (Wildman–Crippen LogP) is -5.70. The first-order chi connectivity index (χ1) is 22.1. The van der Waals surface area contributed by atoms with Gasteiger partial charge in [0.15, 0.2) is 12.2 Å². The fourth-order valence-electron chi connectivity index (χ4n) is 7.29. The van der Waals surface area contributed by atoms with Gasteiger partial charge in [0.1, 0.15) is 35.3 Å². The van der Waals surface area contributed by atoms with Crippen molar-refractivity contribution in [3.8, 4) is 0 Å². The first-order valence-electron chi connectivity index (χ1n) is 16.2. The standard InChI is InChI=1S/C29H55N9O9/c1-28(43)12-45-25(21(41)24(28)35-2)47-23-18(38-26(42)29(44)8-13(9-29)37-27(33)34)7-16(32)19(20(23)40)22-17(4-3-15(10-31)46-22)36-11-14(39)5-6-30/h3,13-14,16-25,35-36,39-41,43-44H,4-12,30-32H2,1-2H3,(H,38,42)(H4,33,34,37)/t13?,14?,16-,17+,18+,19?,20-,21+,22-,23-,24+,25+,28-,29?/m0/s1. The normalized spacial score (nSPS) is 42.8. The van der Waals surface area contributed by atoms with Crippen LogP contribution in [-0.4, -0.2) is 149 Å². The van der Waals surface area contributed by atoms with Gasteiger partial charge in [-0.15, -0.1) is 0 Å². The van der Waals surface area contributed by atoms with Crippen LogP contribution >= 0.6 is 0 Å². The third-order valence-corrected chi connectivity index (χ3v) is 9.83. The molecule has 270 valence electrons. The first kappa shape index (κ1) is 37.6. The number of hydrogen-bond acceptors (Lipinski definition) is 15. The average molecular weight is 674 g/mol. The quantitative estimate of drug-likeness (QED) is 0.0640. The lowest BCUT2D eigenvalue weighted by Crippen LogP contribution is -2.71.